The van der Waals surface area contributed by atoms with Crippen molar-refractivity contribution in [3.8, 4) is 44.5 Å². The molecule has 0 atom stereocenters. The monoisotopic (exact) mass is 725 g/mol. The van der Waals surface area contributed by atoms with E-state index in [4.69, 9.17) is 0 Å². The lowest BCUT2D eigenvalue weighted by atomic mass is 9.81. The zero-order valence-electron chi connectivity index (χ0n) is 33.3. The Morgan fingerprint density at radius 1 is 0.375 bits per heavy atom. The maximum atomic E-state index is 2.47. The first-order chi connectivity index (χ1) is 27.3. The average Bonchev–Trinajstić information content (AvgIpc) is 3.41. The first-order valence-electron chi connectivity index (χ1n) is 20.9. The van der Waals surface area contributed by atoms with E-state index < -0.39 is 0 Å². The average molecular weight is 726 g/mol. The second-order valence-electron chi connectivity index (χ2n) is 17.6. The number of anilines is 3. The molecule has 276 valence electrons. The molecule has 1 heteroatoms. The Balaban J connectivity index is 1.04. The molecule has 0 amide bonds. The zero-order valence-corrected chi connectivity index (χ0v) is 33.3. The molecular weight excluding hydrogens is 675 g/mol. The van der Waals surface area contributed by atoms with E-state index in [0.29, 0.717) is 5.92 Å². The van der Waals surface area contributed by atoms with E-state index in [9.17, 15) is 0 Å². The van der Waals surface area contributed by atoms with Crippen molar-refractivity contribution in [3.05, 3.63) is 186 Å². The van der Waals surface area contributed by atoms with E-state index in [-0.39, 0.29) is 10.8 Å². The fraction of sp³-hybridized carbons (Fsp3) is 0.236. The number of hydrogen-bond donors (Lipinski definition) is 0. The highest BCUT2D eigenvalue weighted by molar-refractivity contribution is 5.90. The van der Waals surface area contributed by atoms with Gasteiger partial charge in [0.2, 0.25) is 0 Å². The molecule has 1 fully saturated rings. The van der Waals surface area contributed by atoms with Crippen LogP contribution in [0.25, 0.3) is 44.5 Å². The van der Waals surface area contributed by atoms with Gasteiger partial charge in [-0.25, -0.2) is 0 Å². The van der Waals surface area contributed by atoms with Crippen LogP contribution >= 0.6 is 0 Å². The summed E-state index contributed by atoms with van der Waals surface area (Å²) in [7, 11) is 0. The molecule has 10 rings (SSSR count). The summed E-state index contributed by atoms with van der Waals surface area (Å²) >= 11 is 0. The second-order valence-corrected chi connectivity index (χ2v) is 17.6. The normalized spacial score (nSPS) is 16.4. The van der Waals surface area contributed by atoms with E-state index in [1.807, 2.05) is 0 Å². The largest absolute Gasteiger partial charge is 0.310 e. The van der Waals surface area contributed by atoms with Gasteiger partial charge in [0.05, 0.1) is 0 Å². The number of hydrogen-bond acceptors (Lipinski definition) is 1. The molecule has 1 saturated carbocycles. The summed E-state index contributed by atoms with van der Waals surface area (Å²) in [5.74, 6) is 0.675. The van der Waals surface area contributed by atoms with Crippen LogP contribution in [0.5, 0.6) is 0 Å². The summed E-state index contributed by atoms with van der Waals surface area (Å²) < 4.78 is 0. The summed E-state index contributed by atoms with van der Waals surface area (Å²) in [5.41, 5.74) is 21.0. The Hall–Kier alpha value is -5.66. The molecule has 0 N–H and O–H groups in total. The minimum atomic E-state index is -0.133. The molecule has 3 aliphatic carbocycles. The van der Waals surface area contributed by atoms with Gasteiger partial charge in [0.15, 0.2) is 0 Å². The quantitative estimate of drug-likeness (QED) is 0.154. The lowest BCUT2D eigenvalue weighted by Crippen LogP contribution is -2.16. The van der Waals surface area contributed by atoms with E-state index in [0.717, 1.165) is 0 Å². The number of benzene rings is 7. The van der Waals surface area contributed by atoms with Gasteiger partial charge in [0.25, 0.3) is 0 Å². The van der Waals surface area contributed by atoms with Crippen LogP contribution in [0.1, 0.15) is 100.0 Å². The number of rotatable bonds is 6. The van der Waals surface area contributed by atoms with Crippen molar-refractivity contribution in [3.63, 3.8) is 0 Å². The van der Waals surface area contributed by atoms with E-state index in [1.165, 1.54) is 128 Å². The van der Waals surface area contributed by atoms with E-state index in [2.05, 4.69) is 190 Å². The van der Waals surface area contributed by atoms with Gasteiger partial charge in [-0.2, -0.15) is 0 Å². The molecule has 0 radical (unpaired) electrons. The zero-order chi connectivity index (χ0) is 38.0. The van der Waals surface area contributed by atoms with Crippen LogP contribution in [0.2, 0.25) is 0 Å². The van der Waals surface area contributed by atoms with Crippen LogP contribution < -0.4 is 4.90 Å². The van der Waals surface area contributed by atoms with E-state index >= 15 is 0 Å². The highest BCUT2D eigenvalue weighted by Gasteiger charge is 2.37. The summed E-state index contributed by atoms with van der Waals surface area (Å²) in [6.07, 6.45) is 8.07. The molecule has 1 nitrogen and oxygen atoms in total. The predicted molar refractivity (Wildman–Crippen MR) is 238 cm³/mol. The third-order valence-corrected chi connectivity index (χ3v) is 13.5. The Labute approximate surface area is 333 Å². The molecule has 0 bridgehead atoms. The van der Waals surface area contributed by atoms with Crippen molar-refractivity contribution < 1.29 is 0 Å². The summed E-state index contributed by atoms with van der Waals surface area (Å²) in [5, 5.41) is 0. The predicted octanol–water partition coefficient (Wildman–Crippen LogP) is 15.5. The summed E-state index contributed by atoms with van der Waals surface area (Å²) in [6, 6.07) is 59.8. The fourth-order valence-electron chi connectivity index (χ4n) is 10.3. The van der Waals surface area contributed by atoms with Gasteiger partial charge in [-0.15, -0.1) is 0 Å². The van der Waals surface area contributed by atoms with Gasteiger partial charge in [0, 0.05) is 27.9 Å². The van der Waals surface area contributed by atoms with Gasteiger partial charge < -0.3 is 4.90 Å². The summed E-state index contributed by atoms with van der Waals surface area (Å²) in [4.78, 5) is 2.46. The lowest BCUT2D eigenvalue weighted by Gasteiger charge is -2.28. The van der Waals surface area contributed by atoms with Crippen LogP contribution in [0, 0.1) is 0 Å². The Bertz CT molecular complexity index is 2560. The molecule has 7 aromatic rings. The summed E-state index contributed by atoms with van der Waals surface area (Å²) in [6.45, 7) is 9.51. The van der Waals surface area contributed by atoms with Crippen molar-refractivity contribution in [1.82, 2.24) is 0 Å². The molecule has 7 aromatic carbocycles. The van der Waals surface area contributed by atoms with E-state index in [1.54, 1.807) is 0 Å². The maximum absolute atomic E-state index is 2.47. The number of nitrogens with zero attached hydrogens (tertiary/aromatic N) is 1. The molecular formula is C55H51N. The molecule has 0 aromatic heterocycles. The third-order valence-electron chi connectivity index (χ3n) is 13.5. The van der Waals surface area contributed by atoms with Crippen molar-refractivity contribution in [2.75, 3.05) is 4.90 Å². The van der Waals surface area contributed by atoms with Crippen LogP contribution in [0.3, 0.4) is 0 Å². The Morgan fingerprint density at radius 3 is 1.50 bits per heavy atom. The molecule has 56 heavy (non-hydrogen) atoms. The SMILES string of the molecule is CC1(C)c2ccccc2-c2cc(-c3ccc4c(c3)-c3ccc(N(c5ccc(-c6ccccc6)cc5)c5ccc(C6CCCCCC6)cc5)cc3C4(C)C)ccc21. The molecule has 0 saturated heterocycles. The highest BCUT2D eigenvalue weighted by atomic mass is 15.1. The lowest BCUT2D eigenvalue weighted by molar-refractivity contribution is 0.592. The van der Waals surface area contributed by atoms with Crippen molar-refractivity contribution >= 4 is 17.1 Å². The van der Waals surface area contributed by atoms with Crippen molar-refractivity contribution in [2.24, 2.45) is 0 Å². The smallest absolute Gasteiger partial charge is 0.0465 e. The second kappa shape index (κ2) is 13.5. The van der Waals surface area contributed by atoms with Gasteiger partial charge in [-0.1, -0.05) is 163 Å². The van der Waals surface area contributed by atoms with Gasteiger partial charge in [-0.05, 0) is 140 Å². The van der Waals surface area contributed by atoms with Crippen LogP contribution in [-0.2, 0) is 10.8 Å². The highest BCUT2D eigenvalue weighted by Crippen LogP contribution is 2.53. The molecule has 0 heterocycles. The molecule has 3 aliphatic rings. The van der Waals surface area contributed by atoms with Crippen molar-refractivity contribution in [1.29, 1.82) is 0 Å². The topological polar surface area (TPSA) is 3.24 Å². The van der Waals surface area contributed by atoms with Crippen molar-refractivity contribution in [2.45, 2.75) is 83.0 Å². The standard InChI is InChI=1S/C55H51N/c1-54(2)50-19-13-12-18-46(50)48-34-41(24-32-51(48)54)42-25-33-52-49(35-42)47-31-30-45(36-53(47)55(52,3)4)56(44-28-22-40(23-29-44)38-16-10-7-11-17-38)43-26-20-39(21-27-43)37-14-8-5-6-9-15-37/h7,10-13,16-37H,5-6,8-9,14-15H2,1-4H3. The minimum Gasteiger partial charge on any atom is -0.310 e. The first-order valence-corrected chi connectivity index (χ1v) is 20.9. The van der Waals surface area contributed by atoms with Gasteiger partial charge in [0.1, 0.15) is 0 Å². The first kappa shape index (κ1) is 34.8. The Kier molecular flexibility index (Phi) is 8.40. The van der Waals surface area contributed by atoms with Crippen LogP contribution in [-0.4, -0.2) is 0 Å². The Morgan fingerprint density at radius 2 is 0.857 bits per heavy atom. The molecule has 0 aliphatic heterocycles. The number of fused-ring (bicyclic) bond motifs is 6. The van der Waals surface area contributed by atoms with Crippen LogP contribution in [0.15, 0.2) is 158 Å². The van der Waals surface area contributed by atoms with Gasteiger partial charge >= 0.3 is 0 Å². The minimum absolute atomic E-state index is 0.0116. The van der Waals surface area contributed by atoms with Gasteiger partial charge in [-0.3, -0.25) is 0 Å². The molecule has 0 spiro atoms. The maximum Gasteiger partial charge on any atom is 0.0465 e. The van der Waals surface area contributed by atoms with Crippen LogP contribution in [0.4, 0.5) is 17.1 Å². The fourth-order valence-corrected chi connectivity index (χ4v) is 10.3. The molecule has 0 unspecified atom stereocenters. The third kappa shape index (κ3) is 5.74.